The predicted molar refractivity (Wildman–Crippen MR) is 96.0 cm³/mol. The molecule has 0 spiro atoms. The molecule has 4 rings (SSSR count). The van der Waals surface area contributed by atoms with E-state index < -0.39 is 0 Å². The minimum atomic E-state index is -0.123. The number of aromatic nitrogens is 2. The van der Waals surface area contributed by atoms with Gasteiger partial charge in [0.05, 0.1) is 25.2 Å². The van der Waals surface area contributed by atoms with Crippen LogP contribution in [0.4, 0.5) is 11.8 Å². The second kappa shape index (κ2) is 6.44. The number of rotatable bonds is 2. The van der Waals surface area contributed by atoms with E-state index in [2.05, 4.69) is 23.6 Å². The summed E-state index contributed by atoms with van der Waals surface area (Å²) in [5, 5.41) is 0. The van der Waals surface area contributed by atoms with Gasteiger partial charge in [0.1, 0.15) is 5.82 Å². The molecule has 0 radical (unpaired) electrons. The Hall–Kier alpha value is -1.89. The van der Waals surface area contributed by atoms with Gasteiger partial charge in [-0.25, -0.2) is 4.98 Å². The summed E-state index contributed by atoms with van der Waals surface area (Å²) < 4.78 is 5.72. The van der Waals surface area contributed by atoms with Crippen molar-refractivity contribution in [2.45, 2.75) is 32.7 Å². The monoisotopic (exact) mass is 345 g/mol. The van der Waals surface area contributed by atoms with E-state index in [9.17, 15) is 4.79 Å². The van der Waals surface area contributed by atoms with Gasteiger partial charge >= 0.3 is 0 Å². The van der Waals surface area contributed by atoms with E-state index in [1.165, 1.54) is 12.8 Å². The molecule has 0 saturated carbocycles. The summed E-state index contributed by atoms with van der Waals surface area (Å²) in [6, 6.07) is 0.0740. The number of fused-ring (bicyclic) bond motifs is 3. The first kappa shape index (κ1) is 16.6. The van der Waals surface area contributed by atoms with E-state index in [-0.39, 0.29) is 17.9 Å². The van der Waals surface area contributed by atoms with Gasteiger partial charge in [0, 0.05) is 44.5 Å². The summed E-state index contributed by atoms with van der Waals surface area (Å²) >= 11 is 0. The summed E-state index contributed by atoms with van der Waals surface area (Å²) in [4.78, 5) is 28.7. The largest absolute Gasteiger partial charge is 0.378 e. The van der Waals surface area contributed by atoms with Gasteiger partial charge in [-0.1, -0.05) is 0 Å². The number of amides is 1. The first-order valence-corrected chi connectivity index (χ1v) is 9.24. The van der Waals surface area contributed by atoms with Crippen LogP contribution in [0.15, 0.2) is 0 Å². The molecule has 1 amide bonds. The number of ether oxygens (including phenoxy) is 1. The lowest BCUT2D eigenvalue weighted by Gasteiger charge is -2.32. The van der Waals surface area contributed by atoms with Crippen molar-refractivity contribution in [1.82, 2.24) is 14.9 Å². The smallest absolute Gasteiger partial charge is 0.229 e. The maximum Gasteiger partial charge on any atom is 0.229 e. The highest BCUT2D eigenvalue weighted by atomic mass is 16.5. The molecule has 1 aromatic rings. The van der Waals surface area contributed by atoms with Gasteiger partial charge in [-0.15, -0.1) is 0 Å². The van der Waals surface area contributed by atoms with Gasteiger partial charge in [-0.3, -0.25) is 4.79 Å². The zero-order chi connectivity index (χ0) is 17.6. The van der Waals surface area contributed by atoms with Gasteiger partial charge in [0.15, 0.2) is 0 Å². The van der Waals surface area contributed by atoms with Crippen molar-refractivity contribution in [3.63, 3.8) is 0 Å². The summed E-state index contributed by atoms with van der Waals surface area (Å²) in [6.45, 7) is 8.71. The van der Waals surface area contributed by atoms with Gasteiger partial charge in [0.25, 0.3) is 0 Å². The van der Waals surface area contributed by atoms with Crippen molar-refractivity contribution >= 4 is 17.7 Å². The van der Waals surface area contributed by atoms with Crippen LogP contribution in [-0.2, 0) is 9.53 Å². The molecule has 3 aliphatic rings. The lowest BCUT2D eigenvalue weighted by molar-refractivity contribution is -0.133. The molecule has 25 heavy (non-hydrogen) atoms. The minimum absolute atomic E-state index is 0.0740. The molecular formula is C18H27N5O2. The highest BCUT2D eigenvalue weighted by molar-refractivity contribution is 5.81. The van der Waals surface area contributed by atoms with Gasteiger partial charge in [-0.2, -0.15) is 4.98 Å². The second-order valence-electron chi connectivity index (χ2n) is 7.49. The Morgan fingerprint density at radius 1 is 1.04 bits per heavy atom. The summed E-state index contributed by atoms with van der Waals surface area (Å²) in [6.07, 6.45) is 2.41. The van der Waals surface area contributed by atoms with Crippen molar-refractivity contribution in [2.24, 2.45) is 5.92 Å². The topological polar surface area (TPSA) is 61.8 Å². The fraction of sp³-hybridized carbons (Fsp3) is 0.722. The molecule has 7 nitrogen and oxygen atoms in total. The first-order valence-electron chi connectivity index (χ1n) is 9.24. The third-order valence-electron chi connectivity index (χ3n) is 5.79. The molecule has 4 heterocycles. The Morgan fingerprint density at radius 3 is 2.56 bits per heavy atom. The van der Waals surface area contributed by atoms with Crippen LogP contribution in [-0.4, -0.2) is 73.3 Å². The van der Waals surface area contributed by atoms with Gasteiger partial charge in [0.2, 0.25) is 11.9 Å². The average molecular weight is 345 g/mol. The quantitative estimate of drug-likeness (QED) is 0.797. The van der Waals surface area contributed by atoms with Crippen LogP contribution in [0.1, 0.15) is 24.1 Å². The molecule has 2 atom stereocenters. The zero-order valence-electron chi connectivity index (χ0n) is 15.4. The lowest BCUT2D eigenvalue weighted by atomic mass is 10.1. The molecule has 3 saturated heterocycles. The molecule has 0 unspecified atom stereocenters. The first-order chi connectivity index (χ1) is 12.0. The molecule has 0 N–H and O–H groups in total. The molecule has 136 valence electrons. The molecule has 0 aliphatic carbocycles. The van der Waals surface area contributed by atoms with Crippen molar-refractivity contribution in [3.8, 4) is 0 Å². The Morgan fingerprint density at radius 2 is 1.80 bits per heavy atom. The van der Waals surface area contributed by atoms with Crippen LogP contribution in [0.5, 0.6) is 0 Å². The highest BCUT2D eigenvalue weighted by Gasteiger charge is 2.38. The Balaban J connectivity index is 1.70. The molecule has 7 heteroatoms. The lowest BCUT2D eigenvalue weighted by Crippen LogP contribution is -2.43. The van der Waals surface area contributed by atoms with Crippen LogP contribution < -0.4 is 9.80 Å². The number of carbonyl (C=O) groups excluding carboxylic acids is 1. The molecular weight excluding hydrogens is 318 g/mol. The molecule has 1 aromatic heterocycles. The Labute approximate surface area is 149 Å². The Kier molecular flexibility index (Phi) is 4.27. The SMILES string of the molecule is Cc1nc(N2CCCC2)nc(N2C[C@@H]3COC[C@H](C2)N(C)C3=O)c1C. The molecule has 3 fully saturated rings. The standard InChI is InChI=1S/C18H27N5O2/c1-12-13(2)19-18(22-6-4-5-7-22)20-16(12)23-8-14-10-25-11-15(9-23)21(3)17(14)24/h14-15H,4-11H2,1-3H3/t14-,15+/m1/s1. The number of likely N-dealkylation sites (N-methyl/N-ethyl adjacent to an activating group) is 1. The number of carbonyl (C=O) groups is 1. The van der Waals surface area contributed by atoms with Crippen molar-refractivity contribution < 1.29 is 9.53 Å². The maximum atomic E-state index is 12.6. The number of aryl methyl sites for hydroxylation is 1. The van der Waals surface area contributed by atoms with Gasteiger partial charge in [-0.05, 0) is 26.7 Å². The highest BCUT2D eigenvalue weighted by Crippen LogP contribution is 2.29. The van der Waals surface area contributed by atoms with Crippen LogP contribution in [0, 0.1) is 19.8 Å². The minimum Gasteiger partial charge on any atom is -0.378 e. The normalized spacial score (nSPS) is 27.0. The van der Waals surface area contributed by atoms with Crippen molar-refractivity contribution in [2.75, 3.05) is 56.2 Å². The van der Waals surface area contributed by atoms with Crippen LogP contribution in [0.25, 0.3) is 0 Å². The number of hydrogen-bond donors (Lipinski definition) is 0. The van der Waals surface area contributed by atoms with E-state index >= 15 is 0 Å². The summed E-state index contributed by atoms with van der Waals surface area (Å²) in [5.74, 6) is 1.88. The summed E-state index contributed by atoms with van der Waals surface area (Å²) in [5.41, 5.74) is 2.14. The second-order valence-corrected chi connectivity index (χ2v) is 7.49. The van der Waals surface area contributed by atoms with E-state index in [0.29, 0.717) is 19.8 Å². The Bertz CT molecular complexity index is 674. The maximum absolute atomic E-state index is 12.6. The third kappa shape index (κ3) is 2.94. The van der Waals surface area contributed by atoms with Crippen LogP contribution >= 0.6 is 0 Å². The number of nitrogens with zero attached hydrogens (tertiary/aromatic N) is 5. The van der Waals surface area contributed by atoms with E-state index in [0.717, 1.165) is 42.7 Å². The summed E-state index contributed by atoms with van der Waals surface area (Å²) in [7, 11) is 1.89. The average Bonchev–Trinajstić information content (AvgIpc) is 3.04. The van der Waals surface area contributed by atoms with Crippen LogP contribution in [0.2, 0.25) is 0 Å². The van der Waals surface area contributed by atoms with E-state index in [1.807, 2.05) is 11.9 Å². The fourth-order valence-corrected chi connectivity index (χ4v) is 4.04. The fourth-order valence-electron chi connectivity index (χ4n) is 4.04. The van der Waals surface area contributed by atoms with E-state index in [4.69, 9.17) is 14.7 Å². The molecule has 3 aliphatic heterocycles. The number of anilines is 2. The predicted octanol–water partition coefficient (Wildman–Crippen LogP) is 0.987. The molecule has 0 aromatic carbocycles. The number of hydrogen-bond acceptors (Lipinski definition) is 6. The van der Waals surface area contributed by atoms with Crippen LogP contribution in [0.3, 0.4) is 0 Å². The van der Waals surface area contributed by atoms with Gasteiger partial charge < -0.3 is 19.4 Å². The third-order valence-corrected chi connectivity index (χ3v) is 5.79. The van der Waals surface area contributed by atoms with Crippen molar-refractivity contribution in [1.29, 1.82) is 0 Å². The molecule has 2 bridgehead atoms. The zero-order valence-corrected chi connectivity index (χ0v) is 15.4. The van der Waals surface area contributed by atoms with Crippen molar-refractivity contribution in [3.05, 3.63) is 11.3 Å². The van der Waals surface area contributed by atoms with E-state index in [1.54, 1.807) is 0 Å².